The first-order chi connectivity index (χ1) is 9.97. The van der Waals surface area contributed by atoms with Crippen molar-refractivity contribution < 1.29 is 26.0 Å². The highest BCUT2D eigenvalue weighted by Gasteiger charge is 2.35. The highest BCUT2D eigenvalue weighted by atomic mass is 32.2. The first kappa shape index (κ1) is 16.8. The molecule has 1 aromatic carbocycles. The van der Waals surface area contributed by atoms with Gasteiger partial charge in [0.15, 0.2) is 11.5 Å². The van der Waals surface area contributed by atoms with Gasteiger partial charge in [0, 0.05) is 12.5 Å². The van der Waals surface area contributed by atoms with Crippen LogP contribution in [-0.2, 0) is 22.7 Å². The Hall–Kier alpha value is -1.61. The number of sulfonamides is 1. The average molecular weight is 336 g/mol. The number of nitrogens with one attached hydrogen (secondary N) is 1. The van der Waals surface area contributed by atoms with Gasteiger partial charge in [0.05, 0.1) is 6.26 Å². The predicted molar refractivity (Wildman–Crippen MR) is 74.8 cm³/mol. The van der Waals surface area contributed by atoms with Crippen molar-refractivity contribution in [1.82, 2.24) is 9.71 Å². The molecular weight excluding hydrogens is 321 g/mol. The molecule has 0 radical (unpaired) electrons. The molecule has 0 atom stereocenters. The molecule has 0 amide bonds. The number of alkyl halides is 3. The number of benzene rings is 1. The number of hydrogen-bond donors (Lipinski definition) is 1. The molecule has 9 heteroatoms. The summed E-state index contributed by atoms with van der Waals surface area (Å²) in [6.45, 7) is 3.26. The molecule has 0 spiro atoms. The lowest BCUT2D eigenvalue weighted by Gasteiger charge is -2.09. The number of nitrogens with zero attached hydrogens (tertiary/aromatic N) is 1. The van der Waals surface area contributed by atoms with Gasteiger partial charge in [-0.3, -0.25) is 0 Å². The van der Waals surface area contributed by atoms with Gasteiger partial charge < -0.3 is 4.42 Å². The number of rotatable bonds is 4. The molecule has 1 N–H and O–H groups in total. The van der Waals surface area contributed by atoms with E-state index in [0.29, 0.717) is 0 Å². The van der Waals surface area contributed by atoms with Crippen LogP contribution in [0.1, 0.15) is 36.8 Å². The van der Waals surface area contributed by atoms with Crippen LogP contribution in [0.3, 0.4) is 0 Å². The van der Waals surface area contributed by atoms with Gasteiger partial charge in [-0.05, 0) is 17.7 Å². The molecule has 22 heavy (non-hydrogen) atoms. The molecule has 0 aliphatic rings. The lowest BCUT2D eigenvalue weighted by atomic mass is 10.1. The minimum Gasteiger partial charge on any atom is -0.440 e. The maximum atomic E-state index is 13.2. The molecule has 0 saturated heterocycles. The van der Waals surface area contributed by atoms with Gasteiger partial charge >= 0.3 is 6.18 Å². The summed E-state index contributed by atoms with van der Waals surface area (Å²) in [5.41, 5.74) is -1.08. The van der Waals surface area contributed by atoms with E-state index in [1.54, 1.807) is 13.8 Å². The molecule has 122 valence electrons. The highest BCUT2D eigenvalue weighted by Crippen LogP contribution is 2.37. The summed E-state index contributed by atoms with van der Waals surface area (Å²) < 4.78 is 69.0. The van der Waals surface area contributed by atoms with Gasteiger partial charge in [-0.15, -0.1) is 0 Å². The van der Waals surface area contributed by atoms with E-state index in [9.17, 15) is 21.6 Å². The molecule has 0 saturated carbocycles. The van der Waals surface area contributed by atoms with E-state index in [4.69, 9.17) is 4.42 Å². The largest absolute Gasteiger partial charge is 0.440 e. The molecule has 0 bridgehead atoms. The molecule has 2 rings (SSSR count). The zero-order valence-corrected chi connectivity index (χ0v) is 13.0. The first-order valence-corrected chi connectivity index (χ1v) is 8.31. The summed E-state index contributed by atoms with van der Waals surface area (Å²) in [5.74, 6) is 0.0415. The van der Waals surface area contributed by atoms with Gasteiger partial charge in [0.2, 0.25) is 10.0 Å². The lowest BCUT2D eigenvalue weighted by Crippen LogP contribution is -2.21. The molecule has 2 aromatic rings. The molecule has 0 unspecified atom stereocenters. The molecule has 5 nitrogen and oxygen atoms in total. The number of fused-ring (bicyclic) bond motifs is 1. The third-order valence-corrected chi connectivity index (χ3v) is 3.57. The second-order valence-electron chi connectivity index (χ2n) is 5.29. The average Bonchev–Trinajstić information content (AvgIpc) is 2.77. The maximum Gasteiger partial charge on any atom is 0.420 e. The molecule has 0 fully saturated rings. The van der Waals surface area contributed by atoms with Crippen molar-refractivity contribution >= 4 is 21.1 Å². The maximum absolute atomic E-state index is 13.2. The van der Waals surface area contributed by atoms with E-state index in [1.165, 1.54) is 6.07 Å². The van der Waals surface area contributed by atoms with Crippen LogP contribution in [-0.4, -0.2) is 19.7 Å². The van der Waals surface area contributed by atoms with Crippen molar-refractivity contribution in [2.45, 2.75) is 32.5 Å². The van der Waals surface area contributed by atoms with Crippen molar-refractivity contribution in [3.63, 3.8) is 0 Å². The van der Waals surface area contributed by atoms with E-state index in [0.717, 1.165) is 12.3 Å². The second kappa shape index (κ2) is 5.54. The van der Waals surface area contributed by atoms with Crippen LogP contribution in [0.5, 0.6) is 0 Å². The number of aromatic nitrogens is 1. The van der Waals surface area contributed by atoms with E-state index < -0.39 is 21.8 Å². The van der Waals surface area contributed by atoms with Gasteiger partial charge in [0.25, 0.3) is 0 Å². The fourth-order valence-electron chi connectivity index (χ4n) is 1.88. The Morgan fingerprint density at radius 1 is 1.32 bits per heavy atom. The Balaban J connectivity index is 2.56. The highest BCUT2D eigenvalue weighted by molar-refractivity contribution is 7.88. The molecule has 0 aliphatic heterocycles. The monoisotopic (exact) mass is 336 g/mol. The smallest absolute Gasteiger partial charge is 0.420 e. The van der Waals surface area contributed by atoms with Crippen molar-refractivity contribution in [2.24, 2.45) is 0 Å². The van der Waals surface area contributed by atoms with Gasteiger partial charge in [-0.1, -0.05) is 13.8 Å². The molecule has 0 aliphatic carbocycles. The number of hydrogen-bond acceptors (Lipinski definition) is 4. The van der Waals surface area contributed by atoms with Crippen LogP contribution in [0.25, 0.3) is 11.1 Å². The zero-order valence-electron chi connectivity index (χ0n) is 12.2. The van der Waals surface area contributed by atoms with Crippen LogP contribution >= 0.6 is 0 Å². The fourth-order valence-corrected chi connectivity index (χ4v) is 2.31. The standard InChI is InChI=1S/C13H15F3N2O3S/c1-7(2)12-18-10-5-8(6-17-22(3,19)20)4-9(11(10)21-12)13(14,15)16/h4-5,7,17H,6H2,1-3H3. The summed E-state index contributed by atoms with van der Waals surface area (Å²) in [7, 11) is -3.51. The molecule has 1 heterocycles. The van der Waals surface area contributed by atoms with Gasteiger partial charge in [-0.2, -0.15) is 13.2 Å². The van der Waals surface area contributed by atoms with Crippen LogP contribution in [0.4, 0.5) is 13.2 Å². The zero-order chi connectivity index (χ0) is 16.7. The van der Waals surface area contributed by atoms with Gasteiger partial charge in [-0.25, -0.2) is 18.1 Å². The topological polar surface area (TPSA) is 72.2 Å². The van der Waals surface area contributed by atoms with E-state index in [2.05, 4.69) is 9.71 Å². The SMILES string of the molecule is CC(C)c1nc2cc(CNS(C)(=O)=O)cc(C(F)(F)F)c2o1. The Kier molecular flexibility index (Phi) is 4.22. The van der Waals surface area contributed by atoms with Crippen molar-refractivity contribution in [2.75, 3.05) is 6.26 Å². The fraction of sp³-hybridized carbons (Fsp3) is 0.462. The van der Waals surface area contributed by atoms with Crippen molar-refractivity contribution in [3.8, 4) is 0 Å². The van der Waals surface area contributed by atoms with Gasteiger partial charge in [0.1, 0.15) is 11.1 Å². The second-order valence-corrected chi connectivity index (χ2v) is 7.12. The summed E-state index contributed by atoms with van der Waals surface area (Å²) in [6, 6.07) is 2.26. The predicted octanol–water partition coefficient (Wildman–Crippen LogP) is 3.02. The summed E-state index contributed by atoms with van der Waals surface area (Å²) in [5, 5.41) is 0. The Morgan fingerprint density at radius 2 is 1.95 bits per heavy atom. The third kappa shape index (κ3) is 3.77. The van der Waals surface area contributed by atoms with E-state index >= 15 is 0 Å². The quantitative estimate of drug-likeness (QED) is 0.931. The molecule has 1 aromatic heterocycles. The number of oxazole rings is 1. The van der Waals surface area contributed by atoms with E-state index in [-0.39, 0.29) is 35.0 Å². The normalized spacial score (nSPS) is 13.2. The minimum atomic E-state index is -4.62. The Morgan fingerprint density at radius 3 is 2.45 bits per heavy atom. The number of halogens is 3. The van der Waals surface area contributed by atoms with Crippen molar-refractivity contribution in [1.29, 1.82) is 0 Å². The Labute approximate surface area is 125 Å². The van der Waals surface area contributed by atoms with E-state index in [1.807, 2.05) is 0 Å². The summed E-state index contributed by atoms with van der Waals surface area (Å²) in [4.78, 5) is 4.05. The minimum absolute atomic E-state index is 0.0591. The van der Waals surface area contributed by atoms with Crippen molar-refractivity contribution in [3.05, 3.63) is 29.2 Å². The van der Waals surface area contributed by atoms with Crippen LogP contribution in [0.15, 0.2) is 16.5 Å². The summed E-state index contributed by atoms with van der Waals surface area (Å²) in [6.07, 6.45) is -3.68. The van der Waals surface area contributed by atoms with Crippen LogP contribution in [0, 0.1) is 0 Å². The third-order valence-electron chi connectivity index (χ3n) is 2.90. The Bertz CT molecular complexity index is 795. The van der Waals surface area contributed by atoms with Crippen LogP contribution in [0.2, 0.25) is 0 Å². The molecular formula is C13H15F3N2O3S. The summed E-state index contributed by atoms with van der Waals surface area (Å²) >= 11 is 0. The van der Waals surface area contributed by atoms with Crippen LogP contribution < -0.4 is 4.72 Å². The lowest BCUT2D eigenvalue weighted by molar-refractivity contribution is -0.136. The first-order valence-electron chi connectivity index (χ1n) is 6.42.